The van der Waals surface area contributed by atoms with Gasteiger partial charge >= 0.3 is 0 Å². The summed E-state index contributed by atoms with van der Waals surface area (Å²) >= 11 is 0. The molecule has 3 aromatic heterocycles. The molecule has 1 saturated carbocycles. The minimum absolute atomic E-state index is 0.255. The van der Waals surface area contributed by atoms with Gasteiger partial charge in [0.15, 0.2) is 11.3 Å². The van der Waals surface area contributed by atoms with Crippen molar-refractivity contribution in [3.63, 3.8) is 0 Å². The van der Waals surface area contributed by atoms with E-state index in [9.17, 15) is 4.79 Å². The summed E-state index contributed by atoms with van der Waals surface area (Å²) in [6.45, 7) is 0. The molecule has 1 aromatic carbocycles. The molecule has 5 rings (SSSR count). The Morgan fingerprint density at radius 3 is 2.66 bits per heavy atom. The molecule has 180 valence electrons. The van der Waals surface area contributed by atoms with Crippen LogP contribution in [0, 0.1) is 0 Å². The monoisotopic (exact) mass is 472 g/mol. The molecule has 1 fully saturated rings. The van der Waals surface area contributed by atoms with Crippen molar-refractivity contribution in [1.29, 1.82) is 0 Å². The molecule has 1 amide bonds. The van der Waals surface area contributed by atoms with E-state index in [1.807, 2.05) is 30.3 Å². The Kier molecular flexibility index (Phi) is 6.44. The van der Waals surface area contributed by atoms with Gasteiger partial charge in [0.1, 0.15) is 11.6 Å². The van der Waals surface area contributed by atoms with E-state index in [2.05, 4.69) is 25.9 Å². The number of amides is 1. The molecule has 0 aliphatic heterocycles. The van der Waals surface area contributed by atoms with E-state index in [0.717, 1.165) is 37.1 Å². The molecule has 1 aliphatic rings. The van der Waals surface area contributed by atoms with Gasteiger partial charge in [0, 0.05) is 48.0 Å². The number of benzene rings is 1. The van der Waals surface area contributed by atoms with Crippen LogP contribution in [0.1, 0.15) is 36.2 Å². The molecule has 1 aliphatic carbocycles. The third kappa shape index (κ3) is 5.17. The van der Waals surface area contributed by atoms with Crippen molar-refractivity contribution in [3.05, 3.63) is 66.7 Å². The first kappa shape index (κ1) is 22.6. The predicted molar refractivity (Wildman–Crippen MR) is 135 cm³/mol. The van der Waals surface area contributed by atoms with Gasteiger partial charge in [-0.05, 0) is 49.9 Å². The number of methoxy groups -OCH3 is 1. The van der Waals surface area contributed by atoms with Gasteiger partial charge in [-0.2, -0.15) is 0 Å². The van der Waals surface area contributed by atoms with Crippen LogP contribution in [0.2, 0.25) is 0 Å². The molecule has 0 unspecified atom stereocenters. The van der Waals surface area contributed by atoms with Crippen molar-refractivity contribution in [2.24, 2.45) is 5.73 Å². The molecule has 0 spiro atoms. The zero-order valence-corrected chi connectivity index (χ0v) is 19.4. The summed E-state index contributed by atoms with van der Waals surface area (Å²) in [6, 6.07) is 13.5. The number of nitrogens with one attached hydrogen (secondary N) is 3. The lowest BCUT2D eigenvalue weighted by atomic mass is 9.92. The average molecular weight is 473 g/mol. The van der Waals surface area contributed by atoms with Crippen LogP contribution in [0.25, 0.3) is 5.65 Å². The highest BCUT2D eigenvalue weighted by atomic mass is 16.5. The Balaban J connectivity index is 1.50. The number of hydrogen-bond acceptors (Lipinski definition) is 8. The molecule has 3 heterocycles. The van der Waals surface area contributed by atoms with E-state index in [0.29, 0.717) is 28.5 Å². The van der Waals surface area contributed by atoms with Crippen LogP contribution in [0.4, 0.5) is 22.9 Å². The molecule has 0 saturated heterocycles. The Hall–Kier alpha value is -4.18. The molecule has 4 aromatic rings. The second-order valence-electron chi connectivity index (χ2n) is 8.63. The number of aromatic nitrogens is 4. The zero-order valence-electron chi connectivity index (χ0n) is 19.4. The van der Waals surface area contributed by atoms with Gasteiger partial charge in [-0.1, -0.05) is 6.07 Å². The highest BCUT2D eigenvalue weighted by Gasteiger charge is 2.21. The van der Waals surface area contributed by atoms with Crippen molar-refractivity contribution in [1.82, 2.24) is 19.6 Å². The first-order valence-electron chi connectivity index (χ1n) is 11.6. The first-order chi connectivity index (χ1) is 17.1. The number of rotatable bonds is 7. The third-order valence-electron chi connectivity index (χ3n) is 6.11. The van der Waals surface area contributed by atoms with E-state index < -0.39 is 0 Å². The topological polar surface area (TPSA) is 131 Å². The molecule has 10 nitrogen and oxygen atoms in total. The summed E-state index contributed by atoms with van der Waals surface area (Å²) in [6.07, 6.45) is 8.66. The van der Waals surface area contributed by atoms with Crippen LogP contribution < -0.4 is 26.4 Å². The minimum Gasteiger partial charge on any atom is -0.497 e. The van der Waals surface area contributed by atoms with Crippen LogP contribution >= 0.6 is 0 Å². The fourth-order valence-electron chi connectivity index (χ4n) is 4.25. The molecule has 35 heavy (non-hydrogen) atoms. The molecular formula is C25H28N8O2. The number of pyridine rings is 1. The maximum absolute atomic E-state index is 13.1. The molecule has 10 heteroatoms. The van der Waals surface area contributed by atoms with Crippen LogP contribution in [-0.4, -0.2) is 44.7 Å². The van der Waals surface area contributed by atoms with Crippen LogP contribution in [-0.2, 0) is 0 Å². The molecule has 0 bridgehead atoms. The fraction of sp³-hybridized carbons (Fsp3) is 0.280. The SMILES string of the molecule is COc1cccc(Nc2cc(N[C@H]3CC[C@H](N)CC3)nn3c(C(=O)Nc4ccncc4)cnc23)c1. The summed E-state index contributed by atoms with van der Waals surface area (Å²) in [5.41, 5.74) is 9.11. The second kappa shape index (κ2) is 9.98. The van der Waals surface area contributed by atoms with Crippen molar-refractivity contribution < 1.29 is 9.53 Å². The number of fused-ring (bicyclic) bond motifs is 1. The Morgan fingerprint density at radius 2 is 1.89 bits per heavy atom. The van der Waals surface area contributed by atoms with Crippen molar-refractivity contribution in [2.75, 3.05) is 23.1 Å². The summed E-state index contributed by atoms with van der Waals surface area (Å²) in [5, 5.41) is 14.5. The van der Waals surface area contributed by atoms with Gasteiger partial charge in [0.25, 0.3) is 5.91 Å². The summed E-state index contributed by atoms with van der Waals surface area (Å²) in [5.74, 6) is 1.07. The highest BCUT2D eigenvalue weighted by molar-refractivity contribution is 6.03. The third-order valence-corrected chi connectivity index (χ3v) is 6.11. The standard InChI is InChI=1S/C25H28N8O2/c1-35-20-4-2-3-19(13-20)29-21-14-23(30-17-7-5-16(26)6-8-17)32-33-22(15-28-24(21)33)25(34)31-18-9-11-27-12-10-18/h2-4,9-17,29H,5-8,26H2,1H3,(H,30,32)(H,27,31,34)/t16-,17-. The fourth-order valence-corrected chi connectivity index (χ4v) is 4.25. The first-order valence-corrected chi connectivity index (χ1v) is 11.6. The minimum atomic E-state index is -0.315. The molecular weight excluding hydrogens is 444 g/mol. The average Bonchev–Trinajstić information content (AvgIpc) is 3.31. The van der Waals surface area contributed by atoms with E-state index >= 15 is 0 Å². The van der Waals surface area contributed by atoms with Gasteiger partial charge in [-0.3, -0.25) is 9.78 Å². The summed E-state index contributed by atoms with van der Waals surface area (Å²) in [7, 11) is 1.63. The van der Waals surface area contributed by atoms with Crippen molar-refractivity contribution in [2.45, 2.75) is 37.8 Å². The number of hydrogen-bond donors (Lipinski definition) is 4. The summed E-state index contributed by atoms with van der Waals surface area (Å²) < 4.78 is 6.92. The lowest BCUT2D eigenvalue weighted by molar-refractivity contribution is 0.102. The predicted octanol–water partition coefficient (Wildman–Crippen LogP) is 3.81. The normalized spacial score (nSPS) is 17.7. The number of nitrogens with zero attached hydrogens (tertiary/aromatic N) is 4. The quantitative estimate of drug-likeness (QED) is 0.319. The van der Waals surface area contributed by atoms with E-state index in [4.69, 9.17) is 15.6 Å². The number of anilines is 4. The number of nitrogens with two attached hydrogens (primary N) is 1. The molecule has 0 atom stereocenters. The largest absolute Gasteiger partial charge is 0.497 e. The van der Waals surface area contributed by atoms with Crippen LogP contribution in [0.3, 0.4) is 0 Å². The van der Waals surface area contributed by atoms with Gasteiger partial charge in [0.05, 0.1) is 19.0 Å². The number of carbonyl (C=O) groups is 1. The van der Waals surface area contributed by atoms with Gasteiger partial charge in [-0.25, -0.2) is 9.50 Å². The Morgan fingerprint density at radius 1 is 1.09 bits per heavy atom. The second-order valence-corrected chi connectivity index (χ2v) is 8.63. The smallest absolute Gasteiger partial charge is 0.276 e. The lowest BCUT2D eigenvalue weighted by Crippen LogP contribution is -2.33. The van der Waals surface area contributed by atoms with E-state index in [-0.39, 0.29) is 18.0 Å². The van der Waals surface area contributed by atoms with Gasteiger partial charge in [0.2, 0.25) is 0 Å². The Labute approximate surface area is 202 Å². The number of carbonyl (C=O) groups excluding carboxylic acids is 1. The lowest BCUT2D eigenvalue weighted by Gasteiger charge is -2.27. The maximum atomic E-state index is 13.1. The van der Waals surface area contributed by atoms with E-state index in [1.165, 1.54) is 6.20 Å². The number of imidazole rings is 1. The Bertz CT molecular complexity index is 1320. The molecule has 5 N–H and O–H groups in total. The zero-order chi connectivity index (χ0) is 24.2. The van der Waals surface area contributed by atoms with Crippen LogP contribution in [0.5, 0.6) is 5.75 Å². The van der Waals surface area contributed by atoms with Gasteiger partial charge < -0.3 is 26.4 Å². The van der Waals surface area contributed by atoms with Crippen molar-refractivity contribution >= 4 is 34.4 Å². The van der Waals surface area contributed by atoms with Crippen LogP contribution in [0.15, 0.2) is 61.1 Å². The number of ether oxygens (including phenoxy) is 1. The van der Waals surface area contributed by atoms with Gasteiger partial charge in [-0.15, -0.1) is 5.10 Å². The summed E-state index contributed by atoms with van der Waals surface area (Å²) in [4.78, 5) is 21.6. The maximum Gasteiger partial charge on any atom is 0.276 e. The van der Waals surface area contributed by atoms with E-state index in [1.54, 1.807) is 36.2 Å². The molecule has 0 radical (unpaired) electrons. The van der Waals surface area contributed by atoms with Crippen molar-refractivity contribution in [3.8, 4) is 5.75 Å². The highest BCUT2D eigenvalue weighted by Crippen LogP contribution is 2.28.